The normalized spacial score (nSPS) is 12.2. The highest BCUT2D eigenvalue weighted by molar-refractivity contribution is 5.80. The number of fused-ring (bicyclic) bond motifs is 1. The van der Waals surface area contributed by atoms with Gasteiger partial charge in [0.25, 0.3) is 5.56 Å². The van der Waals surface area contributed by atoms with E-state index < -0.39 is 12.0 Å². The quantitative estimate of drug-likeness (QED) is 0.578. The minimum atomic E-state index is -0.868. The molecule has 7 nitrogen and oxygen atoms in total. The maximum Gasteiger partial charge on any atom is 0.321 e. The topological polar surface area (TPSA) is 93.5 Å². The first-order valence-corrected chi connectivity index (χ1v) is 9.59. The Morgan fingerprint density at radius 2 is 1.90 bits per heavy atom. The molecule has 0 radical (unpaired) electrons. The van der Waals surface area contributed by atoms with Crippen LogP contribution in [0.25, 0.3) is 10.8 Å². The van der Waals surface area contributed by atoms with Gasteiger partial charge in [-0.05, 0) is 30.2 Å². The summed E-state index contributed by atoms with van der Waals surface area (Å²) in [5.41, 5.74) is 0.768. The molecule has 0 aliphatic carbocycles. The Kier molecular flexibility index (Phi) is 6.61. The van der Waals surface area contributed by atoms with Crippen LogP contribution in [0.1, 0.15) is 19.4 Å². The number of benzene rings is 2. The van der Waals surface area contributed by atoms with Crippen molar-refractivity contribution in [1.29, 1.82) is 0 Å². The summed E-state index contributed by atoms with van der Waals surface area (Å²) in [6.07, 6.45) is 2.07. The van der Waals surface area contributed by atoms with Gasteiger partial charge in [0.05, 0.1) is 18.1 Å². The Hall–Kier alpha value is -3.19. The molecule has 0 aliphatic heterocycles. The van der Waals surface area contributed by atoms with Crippen molar-refractivity contribution in [3.63, 3.8) is 0 Å². The van der Waals surface area contributed by atoms with Crippen molar-refractivity contribution in [2.75, 3.05) is 6.61 Å². The number of nitrogens with one attached hydrogen (secondary N) is 1. The molecule has 2 aromatic carbocycles. The Balaban J connectivity index is 1.57. The molecule has 0 spiro atoms. The van der Waals surface area contributed by atoms with Crippen LogP contribution in [0.2, 0.25) is 0 Å². The molecule has 0 saturated carbocycles. The first-order chi connectivity index (χ1) is 13.9. The largest absolute Gasteiger partial charge is 0.492 e. The van der Waals surface area contributed by atoms with Gasteiger partial charge in [0.2, 0.25) is 0 Å². The summed E-state index contributed by atoms with van der Waals surface area (Å²) < 4.78 is 7.11. The number of hydrogen-bond donors (Lipinski definition) is 2. The lowest BCUT2D eigenvalue weighted by atomic mass is 10.1. The van der Waals surface area contributed by atoms with E-state index in [2.05, 4.69) is 10.4 Å². The predicted octanol–water partition coefficient (Wildman–Crippen LogP) is 2.47. The summed E-state index contributed by atoms with van der Waals surface area (Å²) in [5, 5.41) is 18.0. The minimum absolute atomic E-state index is 0.0887. The van der Waals surface area contributed by atoms with E-state index in [1.807, 2.05) is 44.2 Å². The lowest BCUT2D eigenvalue weighted by Crippen LogP contribution is -2.42. The Morgan fingerprint density at radius 1 is 1.17 bits per heavy atom. The predicted molar refractivity (Wildman–Crippen MR) is 111 cm³/mol. The molecular formula is C22H25N3O4. The molecule has 1 atom stereocenters. The van der Waals surface area contributed by atoms with E-state index >= 15 is 0 Å². The van der Waals surface area contributed by atoms with Crippen LogP contribution < -0.4 is 15.6 Å². The van der Waals surface area contributed by atoms with Gasteiger partial charge in [-0.2, -0.15) is 5.10 Å². The van der Waals surface area contributed by atoms with Gasteiger partial charge in [0.1, 0.15) is 18.4 Å². The number of ether oxygens (including phenoxy) is 1. The van der Waals surface area contributed by atoms with E-state index in [-0.39, 0.29) is 11.6 Å². The van der Waals surface area contributed by atoms with E-state index in [0.717, 1.165) is 10.9 Å². The van der Waals surface area contributed by atoms with Crippen LogP contribution in [-0.2, 0) is 17.8 Å². The number of hydrogen-bond acceptors (Lipinski definition) is 5. The summed E-state index contributed by atoms with van der Waals surface area (Å²) >= 11 is 0. The van der Waals surface area contributed by atoms with Gasteiger partial charge in [0, 0.05) is 11.4 Å². The standard InChI is InChI=1S/C22H25N3O4/c1-15(2)24-20(22(27)28)13-16-7-9-18(10-8-16)29-12-11-25-21(26)19-6-4-3-5-17(19)14-23-25/h3-10,14-15,20,24H,11-13H2,1-2H3,(H,27,28). The number of carbonyl (C=O) groups is 1. The fourth-order valence-electron chi connectivity index (χ4n) is 3.11. The molecule has 29 heavy (non-hydrogen) atoms. The fraction of sp³-hybridized carbons (Fsp3) is 0.318. The molecule has 3 rings (SSSR count). The Labute approximate surface area is 168 Å². The molecule has 0 saturated heterocycles. The zero-order chi connectivity index (χ0) is 20.8. The summed E-state index contributed by atoms with van der Waals surface area (Å²) in [7, 11) is 0. The smallest absolute Gasteiger partial charge is 0.321 e. The van der Waals surface area contributed by atoms with E-state index in [4.69, 9.17) is 4.74 Å². The maximum absolute atomic E-state index is 12.4. The Morgan fingerprint density at radius 3 is 2.59 bits per heavy atom. The molecule has 0 amide bonds. The summed E-state index contributed by atoms with van der Waals surface area (Å²) in [4.78, 5) is 23.8. The second kappa shape index (κ2) is 9.34. The van der Waals surface area contributed by atoms with Gasteiger partial charge in [0.15, 0.2) is 0 Å². The third kappa shape index (κ3) is 5.42. The van der Waals surface area contributed by atoms with Gasteiger partial charge in [-0.3, -0.25) is 9.59 Å². The van der Waals surface area contributed by atoms with Crippen molar-refractivity contribution in [2.24, 2.45) is 0 Å². The average molecular weight is 395 g/mol. The van der Waals surface area contributed by atoms with Crippen LogP contribution in [0.5, 0.6) is 5.75 Å². The molecule has 0 aliphatic rings. The highest BCUT2D eigenvalue weighted by Crippen LogP contribution is 2.14. The van der Waals surface area contributed by atoms with Crippen LogP contribution in [0.15, 0.2) is 59.5 Å². The second-order valence-corrected chi connectivity index (χ2v) is 7.17. The van der Waals surface area contributed by atoms with Crippen LogP contribution in [-0.4, -0.2) is 39.5 Å². The fourth-order valence-corrected chi connectivity index (χ4v) is 3.11. The summed E-state index contributed by atoms with van der Waals surface area (Å²) in [6, 6.07) is 14.1. The zero-order valence-corrected chi connectivity index (χ0v) is 16.5. The summed E-state index contributed by atoms with van der Waals surface area (Å²) in [6.45, 7) is 4.48. The molecule has 7 heteroatoms. The molecule has 1 heterocycles. The van der Waals surface area contributed by atoms with E-state index in [0.29, 0.717) is 30.7 Å². The number of nitrogens with zero attached hydrogens (tertiary/aromatic N) is 2. The van der Waals surface area contributed by atoms with Crippen molar-refractivity contribution in [3.8, 4) is 5.75 Å². The van der Waals surface area contributed by atoms with E-state index in [9.17, 15) is 14.7 Å². The number of rotatable bonds is 9. The highest BCUT2D eigenvalue weighted by Gasteiger charge is 2.18. The first kappa shape index (κ1) is 20.5. The first-order valence-electron chi connectivity index (χ1n) is 9.59. The lowest BCUT2D eigenvalue weighted by Gasteiger charge is -2.17. The Bertz CT molecular complexity index is 1030. The molecular weight excluding hydrogens is 370 g/mol. The zero-order valence-electron chi connectivity index (χ0n) is 16.5. The van der Waals surface area contributed by atoms with Gasteiger partial charge >= 0.3 is 5.97 Å². The van der Waals surface area contributed by atoms with Gasteiger partial charge < -0.3 is 15.2 Å². The van der Waals surface area contributed by atoms with E-state index in [1.165, 1.54) is 4.68 Å². The van der Waals surface area contributed by atoms with Gasteiger partial charge in [-0.25, -0.2) is 4.68 Å². The number of aromatic nitrogens is 2. The van der Waals surface area contributed by atoms with Crippen LogP contribution in [0.3, 0.4) is 0 Å². The van der Waals surface area contributed by atoms with Crippen LogP contribution in [0, 0.1) is 0 Å². The molecule has 152 valence electrons. The second-order valence-electron chi connectivity index (χ2n) is 7.17. The lowest BCUT2D eigenvalue weighted by molar-refractivity contribution is -0.139. The van der Waals surface area contributed by atoms with Gasteiger partial charge in [-0.15, -0.1) is 0 Å². The number of carboxylic acid groups (broad SMARTS) is 1. The molecule has 1 unspecified atom stereocenters. The highest BCUT2D eigenvalue weighted by atomic mass is 16.5. The molecule has 0 fully saturated rings. The van der Waals surface area contributed by atoms with Gasteiger partial charge in [-0.1, -0.05) is 44.2 Å². The van der Waals surface area contributed by atoms with Crippen molar-refractivity contribution < 1.29 is 14.6 Å². The van der Waals surface area contributed by atoms with E-state index in [1.54, 1.807) is 24.4 Å². The number of aliphatic carboxylic acids is 1. The van der Waals surface area contributed by atoms with Crippen molar-refractivity contribution in [1.82, 2.24) is 15.1 Å². The minimum Gasteiger partial charge on any atom is -0.492 e. The third-order valence-corrected chi connectivity index (χ3v) is 4.53. The number of carboxylic acids is 1. The SMILES string of the molecule is CC(C)NC(Cc1ccc(OCCn2ncc3ccccc3c2=O)cc1)C(=O)O. The van der Waals surface area contributed by atoms with Crippen LogP contribution in [0.4, 0.5) is 0 Å². The van der Waals surface area contributed by atoms with Crippen molar-refractivity contribution in [2.45, 2.75) is 38.9 Å². The molecule has 0 bridgehead atoms. The van der Waals surface area contributed by atoms with Crippen molar-refractivity contribution >= 4 is 16.7 Å². The molecule has 2 N–H and O–H groups in total. The monoisotopic (exact) mass is 395 g/mol. The third-order valence-electron chi connectivity index (χ3n) is 4.53. The molecule has 3 aromatic rings. The maximum atomic E-state index is 12.4. The summed E-state index contributed by atoms with van der Waals surface area (Å²) in [5.74, 6) is -0.210. The molecule has 1 aromatic heterocycles. The van der Waals surface area contributed by atoms with Crippen molar-refractivity contribution in [3.05, 3.63) is 70.6 Å². The van der Waals surface area contributed by atoms with Crippen LogP contribution >= 0.6 is 0 Å². The average Bonchev–Trinajstić information content (AvgIpc) is 2.70.